The first-order chi connectivity index (χ1) is 8.29. The highest BCUT2D eigenvalue weighted by Crippen LogP contribution is 2.22. The lowest BCUT2D eigenvalue weighted by molar-refractivity contribution is 0.371. The minimum atomic E-state index is 0.246. The molecule has 17 heavy (non-hydrogen) atoms. The van der Waals surface area contributed by atoms with Crippen LogP contribution in [0.15, 0.2) is 35.0 Å². The van der Waals surface area contributed by atoms with Crippen LogP contribution >= 0.6 is 0 Å². The summed E-state index contributed by atoms with van der Waals surface area (Å²) >= 11 is 0. The molecule has 0 amide bonds. The molecule has 1 aromatic carbocycles. The summed E-state index contributed by atoms with van der Waals surface area (Å²) in [6, 6.07) is 6.92. The quantitative estimate of drug-likeness (QED) is 0.823. The third kappa shape index (κ3) is 2.98. The van der Waals surface area contributed by atoms with Crippen LogP contribution in [0.25, 0.3) is 0 Å². The van der Waals surface area contributed by atoms with Gasteiger partial charge in [0.05, 0.1) is 19.9 Å². The van der Waals surface area contributed by atoms with E-state index in [0.717, 1.165) is 17.1 Å². The maximum Gasteiger partial charge on any atom is 0.150 e. The number of benzene rings is 1. The Morgan fingerprint density at radius 1 is 1.35 bits per heavy atom. The van der Waals surface area contributed by atoms with E-state index in [1.165, 1.54) is 0 Å². The van der Waals surface area contributed by atoms with Crippen LogP contribution in [-0.2, 0) is 13.1 Å². The smallest absolute Gasteiger partial charge is 0.150 e. The molecule has 5 nitrogen and oxygen atoms in total. The number of rotatable bonds is 5. The summed E-state index contributed by atoms with van der Waals surface area (Å²) in [6.45, 7) is 1.10. The van der Waals surface area contributed by atoms with E-state index in [2.05, 4.69) is 10.5 Å². The van der Waals surface area contributed by atoms with Gasteiger partial charge in [-0.05, 0) is 18.2 Å². The number of hydrogen-bond donors (Lipinski definition) is 2. The molecule has 2 rings (SSSR count). The maximum absolute atomic E-state index is 9.66. The van der Waals surface area contributed by atoms with Crippen molar-refractivity contribution in [3.8, 4) is 11.5 Å². The molecule has 0 aliphatic heterocycles. The van der Waals surface area contributed by atoms with E-state index in [1.807, 2.05) is 0 Å². The van der Waals surface area contributed by atoms with E-state index in [9.17, 15) is 5.11 Å². The Hall–Kier alpha value is -2.01. The number of nitrogens with zero attached hydrogens (tertiary/aromatic N) is 1. The molecule has 0 bridgehead atoms. The molecule has 90 valence electrons. The Bertz CT molecular complexity index is 469. The third-order valence-electron chi connectivity index (χ3n) is 2.39. The Labute approximate surface area is 99.0 Å². The second kappa shape index (κ2) is 5.36. The van der Waals surface area contributed by atoms with Gasteiger partial charge in [-0.2, -0.15) is 0 Å². The number of phenols is 1. The second-order valence-corrected chi connectivity index (χ2v) is 3.58. The molecular formula is C12H14N2O3. The zero-order valence-electron chi connectivity index (χ0n) is 9.51. The van der Waals surface area contributed by atoms with Crippen LogP contribution in [-0.4, -0.2) is 17.4 Å². The van der Waals surface area contributed by atoms with Gasteiger partial charge in [-0.15, -0.1) is 0 Å². The molecular weight excluding hydrogens is 220 g/mol. The summed E-state index contributed by atoms with van der Waals surface area (Å²) in [7, 11) is 1.60. The van der Waals surface area contributed by atoms with E-state index in [-0.39, 0.29) is 5.75 Å². The molecule has 0 aliphatic rings. The lowest BCUT2D eigenvalue weighted by Gasteiger charge is -2.07. The van der Waals surface area contributed by atoms with Crippen molar-refractivity contribution in [3.05, 3.63) is 41.8 Å². The molecule has 0 atom stereocenters. The third-order valence-corrected chi connectivity index (χ3v) is 2.39. The van der Waals surface area contributed by atoms with Crippen LogP contribution in [0.3, 0.4) is 0 Å². The van der Waals surface area contributed by atoms with Gasteiger partial charge >= 0.3 is 0 Å². The van der Waals surface area contributed by atoms with Gasteiger partial charge in [-0.1, -0.05) is 5.16 Å². The Morgan fingerprint density at radius 2 is 2.24 bits per heavy atom. The fourth-order valence-corrected chi connectivity index (χ4v) is 1.48. The Balaban J connectivity index is 1.94. The lowest BCUT2D eigenvalue weighted by atomic mass is 10.2. The highest BCUT2D eigenvalue weighted by molar-refractivity contribution is 5.39. The van der Waals surface area contributed by atoms with Crippen molar-refractivity contribution in [2.45, 2.75) is 13.1 Å². The summed E-state index contributed by atoms with van der Waals surface area (Å²) in [5.74, 6) is 1.72. The number of hydrogen-bond acceptors (Lipinski definition) is 5. The summed E-state index contributed by atoms with van der Waals surface area (Å²) in [6.07, 6.45) is 1.60. The van der Waals surface area contributed by atoms with Crippen molar-refractivity contribution in [2.75, 3.05) is 7.11 Å². The summed E-state index contributed by atoms with van der Waals surface area (Å²) in [5.41, 5.74) is 0.781. The number of nitrogens with one attached hydrogen (secondary N) is 1. The van der Waals surface area contributed by atoms with Crippen molar-refractivity contribution in [1.29, 1.82) is 0 Å². The van der Waals surface area contributed by atoms with Gasteiger partial charge < -0.3 is 19.7 Å². The van der Waals surface area contributed by atoms with E-state index < -0.39 is 0 Å². The summed E-state index contributed by atoms with van der Waals surface area (Å²) < 4.78 is 10.0. The highest BCUT2D eigenvalue weighted by atomic mass is 16.5. The number of aromatic hydroxyl groups is 1. The first-order valence-corrected chi connectivity index (χ1v) is 5.26. The number of aromatic nitrogens is 1. The molecule has 0 unspecified atom stereocenters. The summed E-state index contributed by atoms with van der Waals surface area (Å²) in [5, 5.41) is 16.4. The Kier molecular flexibility index (Phi) is 3.62. The fourth-order valence-electron chi connectivity index (χ4n) is 1.48. The molecule has 1 aromatic heterocycles. The first-order valence-electron chi connectivity index (χ1n) is 5.26. The van der Waals surface area contributed by atoms with Crippen LogP contribution in [0.4, 0.5) is 0 Å². The van der Waals surface area contributed by atoms with E-state index in [4.69, 9.17) is 9.26 Å². The topological polar surface area (TPSA) is 67.5 Å². The monoisotopic (exact) mass is 234 g/mol. The van der Waals surface area contributed by atoms with Crippen molar-refractivity contribution >= 4 is 0 Å². The second-order valence-electron chi connectivity index (χ2n) is 3.58. The minimum Gasteiger partial charge on any atom is -0.508 e. The lowest BCUT2D eigenvalue weighted by Crippen LogP contribution is -2.12. The van der Waals surface area contributed by atoms with Gasteiger partial charge in [0.1, 0.15) is 17.3 Å². The van der Waals surface area contributed by atoms with Crippen LogP contribution in [0, 0.1) is 0 Å². The molecule has 5 heteroatoms. The standard InChI is InChI=1S/C12H14N2O3/c1-16-10-2-3-12(15)9(6-10)7-13-8-11-4-5-14-17-11/h2-6,13,15H,7-8H2,1H3. The zero-order valence-corrected chi connectivity index (χ0v) is 9.51. The predicted molar refractivity (Wildman–Crippen MR) is 61.7 cm³/mol. The molecule has 1 heterocycles. The Morgan fingerprint density at radius 3 is 2.94 bits per heavy atom. The number of methoxy groups -OCH3 is 1. The summed E-state index contributed by atoms with van der Waals surface area (Å²) in [4.78, 5) is 0. The molecule has 0 saturated heterocycles. The van der Waals surface area contributed by atoms with Crippen molar-refractivity contribution < 1.29 is 14.4 Å². The largest absolute Gasteiger partial charge is 0.508 e. The molecule has 0 fully saturated rings. The van der Waals surface area contributed by atoms with Gasteiger partial charge in [0.15, 0.2) is 0 Å². The average molecular weight is 234 g/mol. The van der Waals surface area contributed by atoms with Crippen LogP contribution in [0.5, 0.6) is 11.5 Å². The SMILES string of the molecule is COc1ccc(O)c(CNCc2ccno2)c1. The molecule has 0 aliphatic carbocycles. The van der Waals surface area contributed by atoms with Gasteiger partial charge in [0.25, 0.3) is 0 Å². The molecule has 2 N–H and O–H groups in total. The molecule has 2 aromatic rings. The fraction of sp³-hybridized carbons (Fsp3) is 0.250. The molecule has 0 saturated carbocycles. The molecule has 0 radical (unpaired) electrons. The number of phenolic OH excluding ortho intramolecular Hbond substituents is 1. The van der Waals surface area contributed by atoms with E-state index >= 15 is 0 Å². The molecule has 0 spiro atoms. The van der Waals surface area contributed by atoms with Gasteiger partial charge in [-0.3, -0.25) is 0 Å². The van der Waals surface area contributed by atoms with E-state index in [0.29, 0.717) is 13.1 Å². The van der Waals surface area contributed by atoms with Crippen molar-refractivity contribution in [1.82, 2.24) is 10.5 Å². The van der Waals surface area contributed by atoms with Gasteiger partial charge in [0, 0.05) is 18.2 Å². The van der Waals surface area contributed by atoms with E-state index in [1.54, 1.807) is 37.6 Å². The first kappa shape index (κ1) is 11.5. The van der Waals surface area contributed by atoms with Crippen molar-refractivity contribution in [3.63, 3.8) is 0 Å². The van der Waals surface area contributed by atoms with Crippen LogP contribution in [0.2, 0.25) is 0 Å². The van der Waals surface area contributed by atoms with Crippen LogP contribution in [0.1, 0.15) is 11.3 Å². The predicted octanol–water partition coefficient (Wildman–Crippen LogP) is 1.68. The highest BCUT2D eigenvalue weighted by Gasteiger charge is 2.03. The van der Waals surface area contributed by atoms with Gasteiger partial charge in [0.2, 0.25) is 0 Å². The van der Waals surface area contributed by atoms with Crippen LogP contribution < -0.4 is 10.1 Å². The normalized spacial score (nSPS) is 10.4. The van der Waals surface area contributed by atoms with Gasteiger partial charge in [-0.25, -0.2) is 0 Å². The maximum atomic E-state index is 9.66. The average Bonchev–Trinajstić information content (AvgIpc) is 2.84. The zero-order chi connectivity index (χ0) is 12.1. The minimum absolute atomic E-state index is 0.246. The van der Waals surface area contributed by atoms with Crippen molar-refractivity contribution in [2.24, 2.45) is 0 Å². The number of ether oxygens (including phenoxy) is 1.